The van der Waals surface area contributed by atoms with Crippen molar-refractivity contribution in [1.82, 2.24) is 0 Å². The number of hydrogen-bond acceptors (Lipinski definition) is 7. The predicted octanol–water partition coefficient (Wildman–Crippen LogP) is 1.93. The van der Waals surface area contributed by atoms with E-state index in [9.17, 15) is 20.1 Å². The van der Waals surface area contributed by atoms with Crippen LogP contribution in [0.25, 0.3) is 0 Å². The van der Waals surface area contributed by atoms with Crippen LogP contribution in [0.5, 0.6) is 0 Å². The van der Waals surface area contributed by atoms with Gasteiger partial charge in [-0.1, -0.05) is 25.0 Å². The van der Waals surface area contributed by atoms with Gasteiger partial charge in [0.2, 0.25) is 0 Å². The molecule has 0 amide bonds. The van der Waals surface area contributed by atoms with E-state index in [0.29, 0.717) is 0 Å². The Labute approximate surface area is 173 Å². The normalized spacial score (nSPS) is 40.7. The van der Waals surface area contributed by atoms with Crippen LogP contribution in [0, 0.1) is 17.3 Å². The van der Waals surface area contributed by atoms with E-state index < -0.39 is 36.2 Å². The first-order chi connectivity index (χ1) is 13.6. The van der Waals surface area contributed by atoms with E-state index in [0.717, 1.165) is 32.1 Å². The topological polar surface area (TPSA) is 105 Å². The molecule has 0 bridgehead atoms. The van der Waals surface area contributed by atoms with Crippen LogP contribution in [0.4, 0.5) is 0 Å². The third-order valence-corrected chi connectivity index (χ3v) is 7.07. The highest BCUT2D eigenvalue weighted by atomic mass is 16.7. The Balaban J connectivity index is 1.79. The molecular formula is C22H36O7. The number of aliphatic hydroxyl groups is 3. The van der Waals surface area contributed by atoms with Gasteiger partial charge in [0.15, 0.2) is 12.4 Å². The van der Waals surface area contributed by atoms with Gasteiger partial charge in [0.1, 0.15) is 12.2 Å². The van der Waals surface area contributed by atoms with Crippen LogP contribution in [0.15, 0.2) is 11.6 Å². The van der Waals surface area contributed by atoms with E-state index in [1.807, 2.05) is 13.8 Å². The number of aliphatic hydroxyl groups excluding tert-OH is 3. The van der Waals surface area contributed by atoms with E-state index >= 15 is 0 Å². The molecule has 1 saturated carbocycles. The number of fused-ring (bicyclic) bond motifs is 1. The van der Waals surface area contributed by atoms with Crippen molar-refractivity contribution in [3.05, 3.63) is 11.6 Å². The van der Waals surface area contributed by atoms with Crippen LogP contribution in [-0.2, 0) is 19.0 Å². The zero-order valence-electron chi connectivity index (χ0n) is 18.0. The van der Waals surface area contributed by atoms with Crippen molar-refractivity contribution in [3.8, 4) is 0 Å². The molecule has 0 radical (unpaired) electrons. The molecule has 0 spiro atoms. The fraction of sp³-hybridized carbons (Fsp3) is 0.864. The van der Waals surface area contributed by atoms with Crippen LogP contribution >= 0.6 is 0 Å². The van der Waals surface area contributed by atoms with Gasteiger partial charge in [-0.3, -0.25) is 4.79 Å². The minimum atomic E-state index is -1.27. The molecule has 2 aliphatic carbocycles. The Hall–Kier alpha value is -0.990. The summed E-state index contributed by atoms with van der Waals surface area (Å²) in [6.07, 6.45) is 3.11. The van der Waals surface area contributed by atoms with E-state index in [-0.39, 0.29) is 30.5 Å². The largest absolute Gasteiger partial charge is 0.454 e. The standard InChI is InChI=1S/C22H36O7/c1-13(24)28-19-18(26)17(25)12-27-20(19)29-21(2,3)15-7-9-22(4)8-5-6-14(11-23)16(22)10-15/h10,14-15,17-20,23,25-26H,5-9,11-12H2,1-4H3. The summed E-state index contributed by atoms with van der Waals surface area (Å²) in [4.78, 5) is 11.5. The fourth-order valence-corrected chi connectivity index (χ4v) is 5.22. The molecule has 1 saturated heterocycles. The molecule has 1 heterocycles. The molecule has 7 nitrogen and oxygen atoms in total. The van der Waals surface area contributed by atoms with Gasteiger partial charge in [-0.2, -0.15) is 0 Å². The molecule has 3 aliphatic rings. The lowest BCUT2D eigenvalue weighted by Crippen LogP contribution is -2.57. The van der Waals surface area contributed by atoms with Gasteiger partial charge in [-0.05, 0) is 44.9 Å². The Kier molecular flexibility index (Phi) is 6.75. The minimum Gasteiger partial charge on any atom is -0.454 e. The summed E-state index contributed by atoms with van der Waals surface area (Å²) in [7, 11) is 0. The first-order valence-electron chi connectivity index (χ1n) is 10.7. The third-order valence-electron chi connectivity index (χ3n) is 7.07. The second kappa shape index (κ2) is 8.63. The third kappa shape index (κ3) is 4.69. The first-order valence-corrected chi connectivity index (χ1v) is 10.7. The van der Waals surface area contributed by atoms with Crippen molar-refractivity contribution in [2.75, 3.05) is 13.2 Å². The number of esters is 1. The lowest BCUT2D eigenvalue weighted by atomic mass is 9.59. The minimum absolute atomic E-state index is 0.0872. The Morgan fingerprint density at radius 2 is 2.03 bits per heavy atom. The molecule has 7 atom stereocenters. The van der Waals surface area contributed by atoms with Gasteiger partial charge < -0.3 is 29.5 Å². The fourth-order valence-electron chi connectivity index (χ4n) is 5.22. The smallest absolute Gasteiger partial charge is 0.303 e. The summed E-state index contributed by atoms with van der Waals surface area (Å²) in [5, 5.41) is 30.1. The maximum absolute atomic E-state index is 11.5. The van der Waals surface area contributed by atoms with Gasteiger partial charge in [0.05, 0.1) is 12.2 Å². The molecule has 1 aliphatic heterocycles. The van der Waals surface area contributed by atoms with Gasteiger partial charge in [0.25, 0.3) is 0 Å². The van der Waals surface area contributed by atoms with Gasteiger partial charge in [-0.15, -0.1) is 0 Å². The lowest BCUT2D eigenvalue weighted by Gasteiger charge is -2.49. The molecule has 0 aromatic heterocycles. The van der Waals surface area contributed by atoms with E-state index in [1.54, 1.807) is 0 Å². The van der Waals surface area contributed by atoms with E-state index in [1.165, 1.54) is 12.5 Å². The number of carbonyl (C=O) groups is 1. The molecule has 29 heavy (non-hydrogen) atoms. The molecule has 0 aromatic carbocycles. The Morgan fingerprint density at radius 1 is 1.31 bits per heavy atom. The monoisotopic (exact) mass is 412 g/mol. The highest BCUT2D eigenvalue weighted by molar-refractivity contribution is 5.66. The van der Waals surface area contributed by atoms with Gasteiger partial charge in [-0.25, -0.2) is 0 Å². The molecule has 7 unspecified atom stereocenters. The maximum Gasteiger partial charge on any atom is 0.303 e. The zero-order chi connectivity index (χ0) is 21.4. The van der Waals surface area contributed by atoms with E-state index in [2.05, 4.69) is 13.0 Å². The van der Waals surface area contributed by atoms with Crippen LogP contribution in [0.1, 0.15) is 59.8 Å². The number of ether oxygens (including phenoxy) is 3. The quantitative estimate of drug-likeness (QED) is 0.468. The average Bonchev–Trinajstić information content (AvgIpc) is 2.65. The molecule has 3 rings (SSSR count). The first kappa shape index (κ1) is 22.7. The zero-order valence-corrected chi connectivity index (χ0v) is 18.0. The molecular weight excluding hydrogens is 376 g/mol. The van der Waals surface area contributed by atoms with Gasteiger partial charge in [0, 0.05) is 25.4 Å². The van der Waals surface area contributed by atoms with Crippen molar-refractivity contribution >= 4 is 5.97 Å². The van der Waals surface area contributed by atoms with E-state index in [4.69, 9.17) is 14.2 Å². The van der Waals surface area contributed by atoms with Crippen LogP contribution in [0.3, 0.4) is 0 Å². The van der Waals surface area contributed by atoms with Crippen molar-refractivity contribution in [2.24, 2.45) is 17.3 Å². The van der Waals surface area contributed by atoms with Crippen molar-refractivity contribution in [1.29, 1.82) is 0 Å². The molecule has 7 heteroatoms. The summed E-state index contributed by atoms with van der Waals surface area (Å²) in [5.74, 6) is -0.269. The Morgan fingerprint density at radius 3 is 2.69 bits per heavy atom. The lowest BCUT2D eigenvalue weighted by molar-refractivity contribution is -0.304. The number of carbonyl (C=O) groups excluding carboxylic acids is 1. The second-order valence-electron chi connectivity index (χ2n) is 9.65. The summed E-state index contributed by atoms with van der Waals surface area (Å²) >= 11 is 0. The van der Waals surface area contributed by atoms with Crippen LogP contribution < -0.4 is 0 Å². The van der Waals surface area contributed by atoms with Crippen molar-refractivity contribution in [2.45, 2.75) is 90.0 Å². The highest BCUT2D eigenvalue weighted by Gasteiger charge is 2.47. The van der Waals surface area contributed by atoms with Crippen molar-refractivity contribution < 1.29 is 34.3 Å². The average molecular weight is 413 g/mol. The molecule has 166 valence electrons. The number of hydrogen-bond donors (Lipinski definition) is 3. The summed E-state index contributed by atoms with van der Waals surface area (Å²) in [6, 6.07) is 0. The number of rotatable bonds is 5. The van der Waals surface area contributed by atoms with Gasteiger partial charge >= 0.3 is 5.97 Å². The highest BCUT2D eigenvalue weighted by Crippen LogP contribution is 2.52. The summed E-state index contributed by atoms with van der Waals surface area (Å²) in [6.45, 7) is 7.57. The SMILES string of the molecule is CC(=O)OC1C(OC(C)(C)C2C=C3C(CO)CCCC3(C)CC2)OCC(O)C1O. The molecule has 2 fully saturated rings. The second-order valence-corrected chi connectivity index (χ2v) is 9.65. The molecule has 3 N–H and O–H groups in total. The Bertz CT molecular complexity index is 631. The predicted molar refractivity (Wildman–Crippen MR) is 106 cm³/mol. The van der Waals surface area contributed by atoms with Crippen molar-refractivity contribution in [3.63, 3.8) is 0 Å². The maximum atomic E-state index is 11.5. The molecule has 0 aromatic rings. The summed E-state index contributed by atoms with van der Waals surface area (Å²) < 4.78 is 17.1. The summed E-state index contributed by atoms with van der Waals surface area (Å²) in [5.41, 5.74) is 0.826. The van der Waals surface area contributed by atoms with Crippen LogP contribution in [-0.4, -0.2) is 64.7 Å². The van der Waals surface area contributed by atoms with Crippen LogP contribution in [0.2, 0.25) is 0 Å².